The number of amides is 2. The maximum atomic E-state index is 13.3. The molecule has 0 aliphatic carbocycles. The van der Waals surface area contributed by atoms with Crippen LogP contribution in [0.4, 0.5) is 5.69 Å². The summed E-state index contributed by atoms with van der Waals surface area (Å²) in [5.41, 5.74) is 2.13. The quantitative estimate of drug-likeness (QED) is 0.938. The fourth-order valence-electron chi connectivity index (χ4n) is 4.11. The van der Waals surface area contributed by atoms with Gasteiger partial charge in [-0.1, -0.05) is 29.8 Å². The predicted molar refractivity (Wildman–Crippen MR) is 95.1 cm³/mol. The van der Waals surface area contributed by atoms with Crippen LogP contribution in [0.5, 0.6) is 0 Å². The summed E-state index contributed by atoms with van der Waals surface area (Å²) in [6, 6.07) is 11.8. The zero-order chi connectivity index (χ0) is 17.4. The fourth-order valence-corrected chi connectivity index (χ4v) is 4.11. The van der Waals surface area contributed by atoms with Crippen molar-refractivity contribution in [1.82, 2.24) is 9.88 Å². The molecule has 2 aromatic rings. The van der Waals surface area contributed by atoms with Gasteiger partial charge in [-0.2, -0.15) is 0 Å². The lowest BCUT2D eigenvalue weighted by atomic mass is 9.76. The minimum absolute atomic E-state index is 0.0495. The molecule has 5 heteroatoms. The van der Waals surface area contributed by atoms with E-state index in [2.05, 4.69) is 16.4 Å². The maximum absolute atomic E-state index is 13.3. The van der Waals surface area contributed by atoms with Crippen molar-refractivity contribution in [3.05, 3.63) is 59.9 Å². The van der Waals surface area contributed by atoms with Crippen LogP contribution in [0.15, 0.2) is 48.8 Å². The first-order valence-electron chi connectivity index (χ1n) is 8.67. The fraction of sp³-hybridized carbons (Fsp3) is 0.350. The molecule has 1 aromatic heterocycles. The molecular weight excluding hydrogens is 314 g/mol. The number of nitrogens with zero attached hydrogens (tertiary/aromatic N) is 2. The van der Waals surface area contributed by atoms with Crippen molar-refractivity contribution in [1.29, 1.82) is 0 Å². The van der Waals surface area contributed by atoms with Crippen molar-refractivity contribution in [2.75, 3.05) is 11.9 Å². The first-order chi connectivity index (χ1) is 12.1. The normalized spacial score (nSPS) is 25.1. The van der Waals surface area contributed by atoms with Crippen LogP contribution in [0.2, 0.25) is 0 Å². The minimum Gasteiger partial charge on any atom is -0.338 e. The molecule has 128 valence electrons. The smallest absolute Gasteiger partial charge is 0.236 e. The Morgan fingerprint density at radius 1 is 1.28 bits per heavy atom. The number of pyridine rings is 1. The number of fused-ring (bicyclic) bond motifs is 1. The predicted octanol–water partition coefficient (Wildman–Crippen LogP) is 2.66. The Balaban J connectivity index is 1.72. The highest BCUT2D eigenvalue weighted by atomic mass is 16.2. The van der Waals surface area contributed by atoms with Crippen LogP contribution in [0.25, 0.3) is 0 Å². The summed E-state index contributed by atoms with van der Waals surface area (Å²) in [6.45, 7) is 2.48. The number of aromatic nitrogens is 1. The van der Waals surface area contributed by atoms with E-state index in [4.69, 9.17) is 0 Å². The molecule has 0 radical (unpaired) electrons. The van der Waals surface area contributed by atoms with Gasteiger partial charge >= 0.3 is 0 Å². The van der Waals surface area contributed by atoms with E-state index in [-0.39, 0.29) is 17.9 Å². The molecule has 2 aliphatic heterocycles. The van der Waals surface area contributed by atoms with Gasteiger partial charge in [-0.15, -0.1) is 0 Å². The molecule has 0 bridgehead atoms. The van der Waals surface area contributed by atoms with Crippen LogP contribution in [0.1, 0.15) is 30.4 Å². The SMILES string of the molecule is Cc1cccc([C@]2(C(=O)Nc3ccncc3)C[C@@H]3CCC(=O)N3C2)c1. The van der Waals surface area contributed by atoms with Gasteiger partial charge in [0.05, 0.1) is 5.41 Å². The number of hydrogen-bond acceptors (Lipinski definition) is 3. The number of hydrogen-bond donors (Lipinski definition) is 1. The zero-order valence-corrected chi connectivity index (χ0v) is 14.2. The molecule has 0 spiro atoms. The first-order valence-corrected chi connectivity index (χ1v) is 8.67. The van der Waals surface area contributed by atoms with Crippen molar-refractivity contribution in [2.24, 2.45) is 0 Å². The van der Waals surface area contributed by atoms with Gasteiger partial charge in [0.2, 0.25) is 11.8 Å². The van der Waals surface area contributed by atoms with Crippen LogP contribution in [-0.2, 0) is 15.0 Å². The molecule has 1 aromatic carbocycles. The lowest BCUT2D eigenvalue weighted by molar-refractivity contribution is -0.128. The number of benzene rings is 1. The van der Waals surface area contributed by atoms with E-state index in [1.807, 2.05) is 30.0 Å². The van der Waals surface area contributed by atoms with Gasteiger partial charge < -0.3 is 10.2 Å². The third-order valence-corrected chi connectivity index (χ3v) is 5.42. The largest absolute Gasteiger partial charge is 0.338 e. The van der Waals surface area contributed by atoms with Crippen molar-refractivity contribution >= 4 is 17.5 Å². The zero-order valence-electron chi connectivity index (χ0n) is 14.2. The van der Waals surface area contributed by atoms with E-state index in [9.17, 15) is 9.59 Å². The Morgan fingerprint density at radius 2 is 2.08 bits per heavy atom. The van der Waals surface area contributed by atoms with E-state index >= 15 is 0 Å². The summed E-state index contributed by atoms with van der Waals surface area (Å²) in [5.74, 6) is 0.114. The molecule has 0 unspecified atom stereocenters. The number of anilines is 1. The Bertz CT molecular complexity index is 821. The van der Waals surface area contributed by atoms with Crippen molar-refractivity contribution in [3.8, 4) is 0 Å². The third kappa shape index (κ3) is 2.69. The van der Waals surface area contributed by atoms with E-state index in [1.165, 1.54) is 0 Å². The summed E-state index contributed by atoms with van der Waals surface area (Å²) in [7, 11) is 0. The Kier molecular flexibility index (Phi) is 3.79. The van der Waals surface area contributed by atoms with Crippen molar-refractivity contribution < 1.29 is 9.59 Å². The Morgan fingerprint density at radius 3 is 2.80 bits per heavy atom. The summed E-state index contributed by atoms with van der Waals surface area (Å²) < 4.78 is 0. The highest BCUT2D eigenvalue weighted by molar-refractivity contribution is 6.00. The van der Waals surface area contributed by atoms with Gasteiger partial charge in [-0.3, -0.25) is 14.6 Å². The average molecular weight is 335 g/mol. The molecule has 2 amide bonds. The number of carbonyl (C=O) groups is 2. The van der Waals surface area contributed by atoms with Crippen LogP contribution in [0, 0.1) is 6.92 Å². The lowest BCUT2D eigenvalue weighted by Gasteiger charge is -2.29. The second-order valence-corrected chi connectivity index (χ2v) is 7.06. The summed E-state index contributed by atoms with van der Waals surface area (Å²) >= 11 is 0. The average Bonchev–Trinajstić information content (AvgIpc) is 3.16. The van der Waals surface area contributed by atoms with Gasteiger partial charge in [-0.05, 0) is 37.5 Å². The molecule has 25 heavy (non-hydrogen) atoms. The third-order valence-electron chi connectivity index (χ3n) is 5.42. The molecule has 2 saturated heterocycles. The molecule has 2 aliphatic rings. The molecule has 4 rings (SSSR count). The highest BCUT2D eigenvalue weighted by Gasteiger charge is 2.53. The summed E-state index contributed by atoms with van der Waals surface area (Å²) in [5, 5.41) is 3.03. The van der Waals surface area contributed by atoms with Gasteiger partial charge in [0.25, 0.3) is 0 Å². The second kappa shape index (κ2) is 5.99. The number of rotatable bonds is 3. The first kappa shape index (κ1) is 15.8. The maximum Gasteiger partial charge on any atom is 0.236 e. The molecule has 1 N–H and O–H groups in total. The molecule has 0 saturated carbocycles. The van der Waals surface area contributed by atoms with E-state index in [0.717, 1.165) is 23.2 Å². The van der Waals surface area contributed by atoms with Crippen LogP contribution in [0.3, 0.4) is 0 Å². The lowest BCUT2D eigenvalue weighted by Crippen LogP contribution is -2.43. The number of carbonyl (C=O) groups excluding carboxylic acids is 2. The Labute approximate surface area is 147 Å². The summed E-state index contributed by atoms with van der Waals surface area (Å²) in [4.78, 5) is 31.4. The monoisotopic (exact) mass is 335 g/mol. The van der Waals surface area contributed by atoms with Gasteiger partial charge in [0.1, 0.15) is 0 Å². The van der Waals surface area contributed by atoms with Crippen molar-refractivity contribution in [3.63, 3.8) is 0 Å². The van der Waals surface area contributed by atoms with E-state index < -0.39 is 5.41 Å². The standard InChI is InChI=1S/C20H21N3O2/c1-14-3-2-4-15(11-14)20(12-17-5-6-18(24)23(17)13-20)19(25)22-16-7-9-21-10-8-16/h2-4,7-11,17H,5-6,12-13H2,1H3,(H,21,22,25)/t17-,20-/m0/s1. The summed E-state index contributed by atoms with van der Waals surface area (Å²) in [6.07, 6.45) is 5.44. The molecule has 3 heterocycles. The highest BCUT2D eigenvalue weighted by Crippen LogP contribution is 2.43. The van der Waals surface area contributed by atoms with E-state index in [0.29, 0.717) is 19.4 Å². The van der Waals surface area contributed by atoms with Crippen LogP contribution in [-0.4, -0.2) is 34.3 Å². The van der Waals surface area contributed by atoms with Gasteiger partial charge in [0, 0.05) is 37.1 Å². The molecule has 5 nitrogen and oxygen atoms in total. The van der Waals surface area contributed by atoms with Crippen LogP contribution < -0.4 is 5.32 Å². The molecule has 2 fully saturated rings. The topological polar surface area (TPSA) is 62.3 Å². The number of nitrogens with one attached hydrogen (secondary N) is 1. The second-order valence-electron chi connectivity index (χ2n) is 7.06. The van der Waals surface area contributed by atoms with Crippen LogP contribution >= 0.6 is 0 Å². The number of aryl methyl sites for hydroxylation is 1. The van der Waals surface area contributed by atoms with E-state index in [1.54, 1.807) is 24.5 Å². The van der Waals surface area contributed by atoms with Gasteiger partial charge in [-0.25, -0.2) is 0 Å². The molecular formula is C20H21N3O2. The van der Waals surface area contributed by atoms with Gasteiger partial charge in [0.15, 0.2) is 0 Å². The minimum atomic E-state index is -0.698. The Hall–Kier alpha value is -2.69. The van der Waals surface area contributed by atoms with Crippen molar-refractivity contribution in [2.45, 2.75) is 37.6 Å². The molecule has 2 atom stereocenters.